The van der Waals surface area contributed by atoms with E-state index in [1.807, 2.05) is 32.0 Å². The maximum atomic E-state index is 13.6. The molecule has 1 aromatic carbocycles. The largest absolute Gasteiger partial charge is 0.494 e. The smallest absolute Gasteiger partial charge is 0.251 e. The second kappa shape index (κ2) is 8.27. The van der Waals surface area contributed by atoms with E-state index in [0.29, 0.717) is 24.7 Å². The number of aromatic nitrogens is 2. The first-order chi connectivity index (χ1) is 11.9. The molecular formula is C17H22FN5O2. The molecule has 0 atom stereocenters. The van der Waals surface area contributed by atoms with Gasteiger partial charge in [0.15, 0.2) is 11.6 Å². The van der Waals surface area contributed by atoms with Gasteiger partial charge in [-0.1, -0.05) is 0 Å². The first kappa shape index (κ1) is 18.4. The summed E-state index contributed by atoms with van der Waals surface area (Å²) in [4.78, 5) is 22.5. The number of halogens is 1. The first-order valence-corrected chi connectivity index (χ1v) is 7.79. The highest BCUT2D eigenvalue weighted by Crippen LogP contribution is 2.17. The van der Waals surface area contributed by atoms with E-state index in [0.717, 1.165) is 11.9 Å². The summed E-state index contributed by atoms with van der Waals surface area (Å²) in [5.74, 6) is 1.33. The van der Waals surface area contributed by atoms with Gasteiger partial charge in [-0.15, -0.1) is 0 Å². The van der Waals surface area contributed by atoms with E-state index in [2.05, 4.69) is 20.6 Å². The highest BCUT2D eigenvalue weighted by molar-refractivity contribution is 5.94. The van der Waals surface area contributed by atoms with Crippen LogP contribution >= 0.6 is 0 Å². The average molecular weight is 347 g/mol. The topological polar surface area (TPSA) is 79.4 Å². The molecule has 0 bridgehead atoms. The van der Waals surface area contributed by atoms with E-state index in [1.165, 1.54) is 19.2 Å². The molecule has 2 rings (SSSR count). The van der Waals surface area contributed by atoms with Crippen molar-refractivity contribution >= 4 is 17.5 Å². The maximum Gasteiger partial charge on any atom is 0.251 e. The van der Waals surface area contributed by atoms with Gasteiger partial charge in [-0.05, 0) is 25.1 Å². The highest BCUT2D eigenvalue weighted by Gasteiger charge is 2.09. The lowest BCUT2D eigenvalue weighted by Gasteiger charge is -2.14. The van der Waals surface area contributed by atoms with Crippen molar-refractivity contribution < 1.29 is 13.9 Å². The van der Waals surface area contributed by atoms with Crippen molar-refractivity contribution in [1.29, 1.82) is 0 Å². The van der Waals surface area contributed by atoms with Crippen molar-refractivity contribution in [2.24, 2.45) is 0 Å². The minimum absolute atomic E-state index is 0.106. The molecule has 1 aromatic heterocycles. The summed E-state index contributed by atoms with van der Waals surface area (Å²) in [5.41, 5.74) is 0.242. The van der Waals surface area contributed by atoms with Crippen LogP contribution in [0.1, 0.15) is 16.2 Å². The Bertz CT molecular complexity index is 752. The maximum absolute atomic E-state index is 13.6. The van der Waals surface area contributed by atoms with E-state index >= 15 is 0 Å². The molecule has 0 saturated carbocycles. The molecule has 0 aliphatic carbocycles. The molecule has 8 heteroatoms. The Morgan fingerprint density at radius 3 is 2.64 bits per heavy atom. The van der Waals surface area contributed by atoms with E-state index in [9.17, 15) is 9.18 Å². The second-order valence-electron chi connectivity index (χ2n) is 5.59. The Hall–Kier alpha value is -2.90. The predicted molar refractivity (Wildman–Crippen MR) is 94.9 cm³/mol. The molecule has 0 unspecified atom stereocenters. The van der Waals surface area contributed by atoms with Gasteiger partial charge >= 0.3 is 0 Å². The SMILES string of the molecule is COc1ccc(C(=O)NCCNc2cc(N(C)C)nc(C)n2)cc1F. The van der Waals surface area contributed by atoms with E-state index in [-0.39, 0.29) is 17.2 Å². The fourth-order valence-corrected chi connectivity index (χ4v) is 2.15. The summed E-state index contributed by atoms with van der Waals surface area (Å²) in [6.45, 7) is 2.67. The van der Waals surface area contributed by atoms with Gasteiger partial charge in [0.05, 0.1) is 7.11 Å². The van der Waals surface area contributed by atoms with Crippen LogP contribution in [0.15, 0.2) is 24.3 Å². The van der Waals surface area contributed by atoms with E-state index in [4.69, 9.17) is 4.74 Å². The zero-order valence-electron chi connectivity index (χ0n) is 14.8. The third-order valence-corrected chi connectivity index (χ3v) is 3.41. The number of benzene rings is 1. The third kappa shape index (κ3) is 5.03. The Kier molecular flexibility index (Phi) is 6.10. The molecule has 134 valence electrons. The summed E-state index contributed by atoms with van der Waals surface area (Å²) < 4.78 is 18.5. The van der Waals surface area contributed by atoms with Crippen molar-refractivity contribution in [3.05, 3.63) is 41.5 Å². The number of carbonyl (C=O) groups is 1. The lowest BCUT2D eigenvalue weighted by atomic mass is 10.2. The number of methoxy groups -OCH3 is 1. The average Bonchev–Trinajstić information content (AvgIpc) is 2.58. The lowest BCUT2D eigenvalue weighted by molar-refractivity contribution is 0.0954. The number of hydrogen-bond donors (Lipinski definition) is 2. The molecule has 0 aliphatic heterocycles. The van der Waals surface area contributed by atoms with Crippen LogP contribution < -0.4 is 20.3 Å². The van der Waals surface area contributed by atoms with Gasteiger partial charge in [-0.25, -0.2) is 14.4 Å². The van der Waals surface area contributed by atoms with Gasteiger partial charge in [-0.2, -0.15) is 0 Å². The van der Waals surface area contributed by atoms with Crippen LogP contribution in [0.3, 0.4) is 0 Å². The number of anilines is 2. The number of aryl methyl sites for hydroxylation is 1. The van der Waals surface area contributed by atoms with E-state index < -0.39 is 5.82 Å². The molecule has 0 aliphatic rings. The van der Waals surface area contributed by atoms with Crippen LogP contribution in [0, 0.1) is 12.7 Å². The second-order valence-corrected chi connectivity index (χ2v) is 5.59. The molecule has 0 radical (unpaired) electrons. The van der Waals surface area contributed by atoms with Crippen LogP contribution in [0.2, 0.25) is 0 Å². The van der Waals surface area contributed by atoms with Crippen LogP contribution in [0.4, 0.5) is 16.0 Å². The van der Waals surface area contributed by atoms with E-state index in [1.54, 1.807) is 0 Å². The number of rotatable bonds is 7. The normalized spacial score (nSPS) is 10.3. The Balaban J connectivity index is 1.87. The highest BCUT2D eigenvalue weighted by atomic mass is 19.1. The number of amides is 1. The van der Waals surface area contributed by atoms with Gasteiger partial charge in [-0.3, -0.25) is 4.79 Å². The number of nitrogens with zero attached hydrogens (tertiary/aromatic N) is 3. The van der Waals surface area contributed by atoms with Crippen LogP contribution in [-0.2, 0) is 0 Å². The molecule has 1 amide bonds. The summed E-state index contributed by atoms with van der Waals surface area (Å²) >= 11 is 0. The van der Waals surface area contributed by atoms with Crippen molar-refractivity contribution in [1.82, 2.24) is 15.3 Å². The van der Waals surface area contributed by atoms with Gasteiger partial charge in [0, 0.05) is 38.8 Å². The monoisotopic (exact) mass is 347 g/mol. The molecule has 2 aromatic rings. The van der Waals surface area contributed by atoms with Crippen molar-refractivity contribution in [2.45, 2.75) is 6.92 Å². The summed E-state index contributed by atoms with van der Waals surface area (Å²) in [7, 11) is 5.18. The van der Waals surface area contributed by atoms with Crippen molar-refractivity contribution in [3.63, 3.8) is 0 Å². The minimum atomic E-state index is -0.569. The van der Waals surface area contributed by atoms with Crippen LogP contribution in [0.25, 0.3) is 0 Å². The molecular weight excluding hydrogens is 325 g/mol. The predicted octanol–water partition coefficient (Wildman–Crippen LogP) is 1.84. The number of ether oxygens (including phenoxy) is 1. The first-order valence-electron chi connectivity index (χ1n) is 7.79. The van der Waals surface area contributed by atoms with Crippen molar-refractivity contribution in [2.75, 3.05) is 44.5 Å². The Morgan fingerprint density at radius 2 is 2.00 bits per heavy atom. The number of nitrogens with one attached hydrogen (secondary N) is 2. The number of hydrogen-bond acceptors (Lipinski definition) is 6. The molecule has 0 fully saturated rings. The Morgan fingerprint density at radius 1 is 1.24 bits per heavy atom. The summed E-state index contributed by atoms with van der Waals surface area (Å²) in [5, 5.41) is 5.85. The summed E-state index contributed by atoms with van der Waals surface area (Å²) in [6.07, 6.45) is 0. The molecule has 1 heterocycles. The third-order valence-electron chi connectivity index (χ3n) is 3.41. The Labute approximate surface area is 146 Å². The van der Waals surface area contributed by atoms with Gasteiger partial charge in [0.1, 0.15) is 17.5 Å². The molecule has 25 heavy (non-hydrogen) atoms. The zero-order valence-corrected chi connectivity index (χ0v) is 14.8. The fraction of sp³-hybridized carbons (Fsp3) is 0.353. The molecule has 0 saturated heterocycles. The summed E-state index contributed by atoms with van der Waals surface area (Å²) in [6, 6.07) is 5.92. The quantitative estimate of drug-likeness (QED) is 0.744. The van der Waals surface area contributed by atoms with Crippen LogP contribution in [-0.4, -0.2) is 50.2 Å². The fourth-order valence-electron chi connectivity index (χ4n) is 2.15. The van der Waals surface area contributed by atoms with Gasteiger partial charge in [0.25, 0.3) is 5.91 Å². The van der Waals surface area contributed by atoms with Gasteiger partial charge < -0.3 is 20.3 Å². The number of carbonyl (C=O) groups excluding carboxylic acids is 1. The zero-order chi connectivity index (χ0) is 18.4. The minimum Gasteiger partial charge on any atom is -0.494 e. The molecule has 7 nitrogen and oxygen atoms in total. The molecule has 0 spiro atoms. The van der Waals surface area contributed by atoms with Gasteiger partial charge in [0.2, 0.25) is 0 Å². The van der Waals surface area contributed by atoms with Crippen molar-refractivity contribution in [3.8, 4) is 5.75 Å². The molecule has 2 N–H and O–H groups in total. The van der Waals surface area contributed by atoms with Crippen LogP contribution in [0.5, 0.6) is 5.75 Å². The standard InChI is InChI=1S/C17H22FN5O2/c1-11-21-15(10-16(22-11)23(2)3)19-7-8-20-17(24)12-5-6-14(25-4)13(18)9-12/h5-6,9-10H,7-8H2,1-4H3,(H,20,24)(H,19,21,22). The lowest BCUT2D eigenvalue weighted by Crippen LogP contribution is -2.29.